The van der Waals surface area contributed by atoms with Gasteiger partial charge in [-0.1, -0.05) is 6.42 Å². The van der Waals surface area contributed by atoms with Crippen LogP contribution in [0, 0.1) is 11.8 Å². The van der Waals surface area contributed by atoms with Gasteiger partial charge in [0.05, 0.1) is 12.1 Å². The number of amides is 1. The van der Waals surface area contributed by atoms with E-state index in [-0.39, 0.29) is 17.4 Å². The lowest BCUT2D eigenvalue weighted by Crippen LogP contribution is -2.54. The second kappa shape index (κ2) is 6.68. The first-order chi connectivity index (χ1) is 9.21. The van der Waals surface area contributed by atoms with Crippen molar-refractivity contribution in [1.29, 1.82) is 0 Å². The number of ether oxygens (including phenoxy) is 1. The summed E-state index contributed by atoms with van der Waals surface area (Å²) in [5.74, 6) is 0.665. The summed E-state index contributed by atoms with van der Waals surface area (Å²) in [6.45, 7) is 2.94. The quantitative estimate of drug-likeness (QED) is 0.646. The van der Waals surface area contributed by atoms with E-state index < -0.39 is 0 Å². The molecule has 5 nitrogen and oxygen atoms in total. The molecule has 3 atom stereocenters. The summed E-state index contributed by atoms with van der Waals surface area (Å²) < 4.78 is 5.30. The van der Waals surface area contributed by atoms with Crippen molar-refractivity contribution in [2.45, 2.75) is 37.6 Å². The molecule has 4 N–H and O–H groups in total. The van der Waals surface area contributed by atoms with Crippen molar-refractivity contribution in [3.05, 3.63) is 0 Å². The fourth-order valence-electron chi connectivity index (χ4n) is 3.52. The maximum absolute atomic E-state index is 12.3. The highest BCUT2D eigenvalue weighted by atomic mass is 16.5. The van der Waals surface area contributed by atoms with Crippen LogP contribution in [-0.4, -0.2) is 44.8 Å². The first-order valence-corrected chi connectivity index (χ1v) is 7.42. The van der Waals surface area contributed by atoms with Gasteiger partial charge in [0.25, 0.3) is 0 Å². The second-order valence-corrected chi connectivity index (χ2v) is 5.99. The summed E-state index contributed by atoms with van der Waals surface area (Å²) >= 11 is 0. The fraction of sp³-hybridized carbons (Fsp3) is 0.929. The van der Waals surface area contributed by atoms with E-state index in [2.05, 4.69) is 10.6 Å². The van der Waals surface area contributed by atoms with E-state index >= 15 is 0 Å². The zero-order chi connectivity index (χ0) is 13.7. The first-order valence-electron chi connectivity index (χ1n) is 7.42. The molecule has 0 aromatic rings. The molecule has 2 aliphatic rings. The van der Waals surface area contributed by atoms with Crippen molar-refractivity contribution in [1.82, 2.24) is 10.6 Å². The van der Waals surface area contributed by atoms with Gasteiger partial charge in [-0.05, 0) is 44.7 Å². The molecule has 0 aromatic carbocycles. The molecule has 2 fully saturated rings. The molecular weight excluding hydrogens is 242 g/mol. The maximum atomic E-state index is 12.3. The molecule has 1 saturated heterocycles. The van der Waals surface area contributed by atoms with Gasteiger partial charge in [-0.25, -0.2) is 0 Å². The Morgan fingerprint density at radius 3 is 2.95 bits per heavy atom. The topological polar surface area (TPSA) is 76.4 Å². The highest BCUT2D eigenvalue weighted by Crippen LogP contribution is 2.31. The predicted octanol–water partition coefficient (Wildman–Crippen LogP) is 0.246. The zero-order valence-electron chi connectivity index (χ0n) is 11.9. The monoisotopic (exact) mass is 269 g/mol. The average Bonchev–Trinajstić information content (AvgIpc) is 3.05. The minimum absolute atomic E-state index is 0.0682. The maximum Gasteiger partial charge on any atom is 0.223 e. The molecule has 110 valence electrons. The minimum Gasteiger partial charge on any atom is -0.383 e. The summed E-state index contributed by atoms with van der Waals surface area (Å²) in [5.41, 5.74) is 5.67. The summed E-state index contributed by atoms with van der Waals surface area (Å²) in [4.78, 5) is 12.3. The Labute approximate surface area is 115 Å². The number of hydrogen-bond acceptors (Lipinski definition) is 4. The molecular formula is C14H27N3O2. The average molecular weight is 269 g/mol. The van der Waals surface area contributed by atoms with Crippen molar-refractivity contribution in [3.8, 4) is 0 Å². The molecule has 0 radical (unpaired) electrons. The van der Waals surface area contributed by atoms with Crippen molar-refractivity contribution in [2.24, 2.45) is 17.6 Å². The van der Waals surface area contributed by atoms with Crippen molar-refractivity contribution >= 4 is 5.91 Å². The van der Waals surface area contributed by atoms with Crippen LogP contribution in [0.2, 0.25) is 0 Å². The zero-order valence-corrected chi connectivity index (χ0v) is 11.9. The first kappa shape index (κ1) is 14.8. The highest BCUT2D eigenvalue weighted by Gasteiger charge is 2.36. The van der Waals surface area contributed by atoms with Gasteiger partial charge in [0.2, 0.25) is 5.91 Å². The van der Waals surface area contributed by atoms with E-state index in [0.717, 1.165) is 38.6 Å². The number of nitrogens with two attached hydrogens (primary N) is 1. The van der Waals surface area contributed by atoms with Gasteiger partial charge >= 0.3 is 0 Å². The molecule has 2 rings (SSSR count). The van der Waals surface area contributed by atoms with Crippen LogP contribution in [0.15, 0.2) is 0 Å². The standard InChI is InChI=1S/C14H27N3O2/c1-19-10-14(6-3-7-17-14)9-16-13(18)12-5-2-4-11(12)8-15/h11-12,17H,2-10,15H2,1H3,(H,16,18)/t11-,12-,14?/m1/s1. The number of rotatable bonds is 6. The van der Waals surface area contributed by atoms with Crippen LogP contribution in [0.3, 0.4) is 0 Å². The molecule has 0 bridgehead atoms. The van der Waals surface area contributed by atoms with Crippen LogP contribution in [0.4, 0.5) is 0 Å². The van der Waals surface area contributed by atoms with Gasteiger partial charge in [-0.15, -0.1) is 0 Å². The number of hydrogen-bond donors (Lipinski definition) is 3. The fourth-order valence-corrected chi connectivity index (χ4v) is 3.52. The van der Waals surface area contributed by atoms with Gasteiger partial charge in [-0.2, -0.15) is 0 Å². The lowest BCUT2D eigenvalue weighted by Gasteiger charge is -2.30. The van der Waals surface area contributed by atoms with Gasteiger partial charge in [0, 0.05) is 19.6 Å². The molecule has 0 spiro atoms. The van der Waals surface area contributed by atoms with E-state index in [9.17, 15) is 4.79 Å². The molecule has 1 amide bonds. The van der Waals surface area contributed by atoms with E-state index in [4.69, 9.17) is 10.5 Å². The Bertz CT molecular complexity index is 303. The lowest BCUT2D eigenvalue weighted by atomic mass is 9.94. The summed E-state index contributed by atoms with van der Waals surface area (Å²) in [6, 6.07) is 0. The summed E-state index contributed by atoms with van der Waals surface area (Å²) in [7, 11) is 1.71. The largest absolute Gasteiger partial charge is 0.383 e. The van der Waals surface area contributed by atoms with Crippen LogP contribution in [0.5, 0.6) is 0 Å². The molecule has 1 saturated carbocycles. The van der Waals surface area contributed by atoms with E-state index in [1.807, 2.05) is 0 Å². The van der Waals surface area contributed by atoms with Crippen molar-refractivity contribution in [3.63, 3.8) is 0 Å². The minimum atomic E-state index is -0.0682. The summed E-state index contributed by atoms with van der Waals surface area (Å²) in [5, 5.41) is 6.60. The third-order valence-corrected chi connectivity index (χ3v) is 4.65. The number of nitrogens with one attached hydrogen (secondary N) is 2. The molecule has 19 heavy (non-hydrogen) atoms. The second-order valence-electron chi connectivity index (χ2n) is 5.99. The SMILES string of the molecule is COCC1(CNC(=O)[C@@H]2CCC[C@@H]2CN)CCCN1. The Balaban J connectivity index is 1.85. The number of carbonyl (C=O) groups is 1. The molecule has 1 heterocycles. The predicted molar refractivity (Wildman–Crippen MR) is 74.7 cm³/mol. The third kappa shape index (κ3) is 3.46. The highest BCUT2D eigenvalue weighted by molar-refractivity contribution is 5.79. The van der Waals surface area contributed by atoms with Gasteiger partial charge < -0.3 is 21.1 Å². The smallest absolute Gasteiger partial charge is 0.223 e. The Morgan fingerprint density at radius 1 is 1.47 bits per heavy atom. The van der Waals surface area contributed by atoms with Gasteiger partial charge in [-0.3, -0.25) is 4.79 Å². The number of methoxy groups -OCH3 is 1. The Morgan fingerprint density at radius 2 is 2.32 bits per heavy atom. The Hall–Kier alpha value is -0.650. The van der Waals surface area contributed by atoms with Crippen LogP contribution >= 0.6 is 0 Å². The lowest BCUT2D eigenvalue weighted by molar-refractivity contribution is -0.126. The van der Waals surface area contributed by atoms with Crippen molar-refractivity contribution < 1.29 is 9.53 Å². The van der Waals surface area contributed by atoms with Crippen LogP contribution in [0.1, 0.15) is 32.1 Å². The van der Waals surface area contributed by atoms with Gasteiger partial charge in [0.1, 0.15) is 0 Å². The van der Waals surface area contributed by atoms with Crippen LogP contribution in [0.25, 0.3) is 0 Å². The van der Waals surface area contributed by atoms with Crippen LogP contribution < -0.4 is 16.4 Å². The Kier molecular flexibility index (Phi) is 5.19. The van der Waals surface area contributed by atoms with Gasteiger partial charge in [0.15, 0.2) is 0 Å². The van der Waals surface area contributed by atoms with E-state index in [1.165, 1.54) is 0 Å². The summed E-state index contributed by atoms with van der Waals surface area (Å²) in [6.07, 6.45) is 5.41. The molecule has 1 unspecified atom stereocenters. The molecule has 1 aliphatic carbocycles. The number of carbonyl (C=O) groups excluding carboxylic acids is 1. The molecule has 5 heteroatoms. The third-order valence-electron chi connectivity index (χ3n) is 4.65. The molecule has 1 aliphatic heterocycles. The van der Waals surface area contributed by atoms with Crippen LogP contribution in [-0.2, 0) is 9.53 Å². The normalized spacial score (nSPS) is 34.6. The van der Waals surface area contributed by atoms with E-state index in [1.54, 1.807) is 7.11 Å². The molecule has 0 aromatic heterocycles. The van der Waals surface area contributed by atoms with E-state index in [0.29, 0.717) is 25.6 Å². The van der Waals surface area contributed by atoms with Crippen molar-refractivity contribution in [2.75, 3.05) is 33.4 Å².